The first-order valence-electron chi connectivity index (χ1n) is 8.11. The first kappa shape index (κ1) is 22.1. The predicted molar refractivity (Wildman–Crippen MR) is 105 cm³/mol. The van der Waals surface area contributed by atoms with Gasteiger partial charge in [0.25, 0.3) is 0 Å². The van der Waals surface area contributed by atoms with E-state index < -0.39 is 16.1 Å². The number of nitrogens with one attached hydrogen (secondary N) is 1. The average Bonchev–Trinajstić information content (AvgIpc) is 2.46. The smallest absolute Gasteiger partial charge is 0.243 e. The fourth-order valence-corrected chi connectivity index (χ4v) is 4.28. The van der Waals surface area contributed by atoms with Crippen molar-refractivity contribution in [2.75, 3.05) is 10.6 Å². The minimum absolute atomic E-state index is 0.0508. The molecule has 1 aromatic carbocycles. The van der Waals surface area contributed by atoms with E-state index in [4.69, 9.17) is 23.2 Å². The fraction of sp³-hybridized carbons (Fsp3) is 0.588. The molecule has 0 heterocycles. The zero-order valence-corrected chi connectivity index (χ0v) is 17.7. The summed E-state index contributed by atoms with van der Waals surface area (Å²) in [4.78, 5) is 12.7. The lowest BCUT2D eigenvalue weighted by Crippen LogP contribution is -2.52. The van der Waals surface area contributed by atoms with Crippen LogP contribution in [-0.4, -0.2) is 32.7 Å². The second-order valence-electron chi connectivity index (χ2n) is 6.86. The molecule has 0 saturated carbocycles. The van der Waals surface area contributed by atoms with Crippen molar-refractivity contribution in [1.82, 2.24) is 5.32 Å². The van der Waals surface area contributed by atoms with Crippen LogP contribution in [-0.2, 0) is 14.8 Å². The topological polar surface area (TPSA) is 66.5 Å². The average molecular weight is 409 g/mol. The molecule has 0 fully saturated rings. The standard InChI is InChI=1S/C17H26Cl2N2O3S/c1-10(2)16(11(3)4)20-17(22)12(5)21(25(6,23)24)13-7-8-14(18)15(19)9-13/h7-12,16H,1-6H3,(H,20,22)/t12-/m0/s1. The van der Waals surface area contributed by atoms with E-state index in [0.29, 0.717) is 10.7 Å². The highest BCUT2D eigenvalue weighted by atomic mass is 35.5. The Balaban J connectivity index is 3.19. The van der Waals surface area contributed by atoms with Crippen molar-refractivity contribution >= 4 is 44.8 Å². The van der Waals surface area contributed by atoms with E-state index >= 15 is 0 Å². The molecule has 5 nitrogen and oxygen atoms in total. The number of nitrogens with zero attached hydrogens (tertiary/aromatic N) is 1. The Morgan fingerprint density at radius 1 is 1.04 bits per heavy atom. The summed E-state index contributed by atoms with van der Waals surface area (Å²) in [6, 6.07) is 3.50. The van der Waals surface area contributed by atoms with Crippen LogP contribution in [0, 0.1) is 11.8 Å². The lowest BCUT2D eigenvalue weighted by Gasteiger charge is -2.32. The van der Waals surface area contributed by atoms with Crippen LogP contribution < -0.4 is 9.62 Å². The Morgan fingerprint density at radius 3 is 1.96 bits per heavy atom. The minimum Gasteiger partial charge on any atom is -0.351 e. The normalized spacial score (nSPS) is 13.4. The molecule has 1 N–H and O–H groups in total. The molecule has 0 aliphatic carbocycles. The number of amides is 1. The third-order valence-corrected chi connectivity index (χ3v) is 5.97. The molecule has 142 valence electrons. The zero-order valence-electron chi connectivity index (χ0n) is 15.4. The van der Waals surface area contributed by atoms with Gasteiger partial charge in [0.1, 0.15) is 6.04 Å². The van der Waals surface area contributed by atoms with E-state index in [1.807, 2.05) is 27.7 Å². The van der Waals surface area contributed by atoms with Gasteiger partial charge in [-0.15, -0.1) is 0 Å². The lowest BCUT2D eigenvalue weighted by atomic mass is 9.93. The third-order valence-electron chi connectivity index (χ3n) is 3.99. The van der Waals surface area contributed by atoms with Gasteiger partial charge in [-0.1, -0.05) is 50.9 Å². The molecule has 25 heavy (non-hydrogen) atoms. The molecule has 0 aliphatic heterocycles. The SMILES string of the molecule is CC(C)C(NC(=O)[C@H](C)N(c1ccc(Cl)c(Cl)c1)S(C)(=O)=O)C(C)C. The molecule has 0 unspecified atom stereocenters. The molecule has 0 aromatic heterocycles. The Morgan fingerprint density at radius 2 is 1.56 bits per heavy atom. The quantitative estimate of drug-likeness (QED) is 0.742. The van der Waals surface area contributed by atoms with Gasteiger partial charge in [-0.2, -0.15) is 0 Å². The van der Waals surface area contributed by atoms with E-state index in [-0.39, 0.29) is 28.8 Å². The van der Waals surface area contributed by atoms with Gasteiger partial charge < -0.3 is 5.32 Å². The summed E-state index contributed by atoms with van der Waals surface area (Å²) in [5.41, 5.74) is 0.296. The second-order valence-corrected chi connectivity index (χ2v) is 9.53. The Labute approximate surface area is 160 Å². The van der Waals surface area contributed by atoms with Crippen molar-refractivity contribution in [2.45, 2.75) is 46.7 Å². The zero-order chi connectivity index (χ0) is 19.5. The number of benzene rings is 1. The van der Waals surface area contributed by atoms with Gasteiger partial charge >= 0.3 is 0 Å². The number of halogens is 2. The molecule has 1 amide bonds. The molecule has 0 aliphatic rings. The molecular weight excluding hydrogens is 383 g/mol. The largest absolute Gasteiger partial charge is 0.351 e. The molecule has 0 spiro atoms. The highest BCUT2D eigenvalue weighted by Gasteiger charge is 2.31. The summed E-state index contributed by atoms with van der Waals surface area (Å²) in [6.07, 6.45) is 1.06. The monoisotopic (exact) mass is 408 g/mol. The second kappa shape index (κ2) is 8.60. The number of carbonyl (C=O) groups is 1. The number of carbonyl (C=O) groups excluding carboxylic acids is 1. The van der Waals surface area contributed by atoms with Crippen LogP contribution in [0.1, 0.15) is 34.6 Å². The molecule has 0 bridgehead atoms. The number of rotatable bonds is 7. The van der Waals surface area contributed by atoms with Crippen LogP contribution in [0.15, 0.2) is 18.2 Å². The van der Waals surface area contributed by atoms with Crippen LogP contribution >= 0.6 is 23.2 Å². The van der Waals surface area contributed by atoms with Crippen LogP contribution in [0.2, 0.25) is 10.0 Å². The lowest BCUT2D eigenvalue weighted by molar-refractivity contribution is -0.123. The minimum atomic E-state index is -3.70. The number of anilines is 1. The predicted octanol–water partition coefficient (Wildman–Crippen LogP) is 3.94. The van der Waals surface area contributed by atoms with Crippen LogP contribution in [0.4, 0.5) is 5.69 Å². The van der Waals surface area contributed by atoms with Crippen molar-refractivity contribution in [3.63, 3.8) is 0 Å². The summed E-state index contributed by atoms with van der Waals surface area (Å²) in [5.74, 6) is 0.101. The molecule has 1 aromatic rings. The first-order valence-corrected chi connectivity index (χ1v) is 10.7. The van der Waals surface area contributed by atoms with Crippen molar-refractivity contribution < 1.29 is 13.2 Å². The van der Waals surface area contributed by atoms with E-state index in [1.54, 1.807) is 6.92 Å². The number of sulfonamides is 1. The molecule has 8 heteroatoms. The highest BCUT2D eigenvalue weighted by Crippen LogP contribution is 2.29. The Kier molecular flexibility index (Phi) is 7.59. The molecule has 1 atom stereocenters. The van der Waals surface area contributed by atoms with Crippen LogP contribution in [0.25, 0.3) is 0 Å². The summed E-state index contributed by atoms with van der Waals surface area (Å²) >= 11 is 11.9. The van der Waals surface area contributed by atoms with Gasteiger partial charge in [-0.3, -0.25) is 9.10 Å². The van der Waals surface area contributed by atoms with E-state index in [1.165, 1.54) is 18.2 Å². The van der Waals surface area contributed by atoms with Crippen molar-refractivity contribution in [3.05, 3.63) is 28.2 Å². The van der Waals surface area contributed by atoms with E-state index in [0.717, 1.165) is 10.6 Å². The van der Waals surface area contributed by atoms with Crippen molar-refractivity contribution in [3.8, 4) is 0 Å². The Hall–Kier alpha value is -0.980. The van der Waals surface area contributed by atoms with Crippen LogP contribution in [0.3, 0.4) is 0 Å². The van der Waals surface area contributed by atoms with E-state index in [9.17, 15) is 13.2 Å². The van der Waals surface area contributed by atoms with Crippen molar-refractivity contribution in [2.24, 2.45) is 11.8 Å². The molecule has 0 radical (unpaired) electrons. The molecule has 1 rings (SSSR count). The van der Waals surface area contributed by atoms with Gasteiger partial charge in [0.05, 0.1) is 22.0 Å². The van der Waals surface area contributed by atoms with Gasteiger partial charge in [-0.05, 0) is 37.0 Å². The van der Waals surface area contributed by atoms with Crippen LogP contribution in [0.5, 0.6) is 0 Å². The molecule has 0 saturated heterocycles. The van der Waals surface area contributed by atoms with Crippen molar-refractivity contribution in [1.29, 1.82) is 0 Å². The fourth-order valence-electron chi connectivity index (χ4n) is 2.82. The van der Waals surface area contributed by atoms with Gasteiger partial charge in [0, 0.05) is 6.04 Å². The van der Waals surface area contributed by atoms with Gasteiger partial charge in [0.15, 0.2) is 0 Å². The number of hydrogen-bond acceptors (Lipinski definition) is 3. The van der Waals surface area contributed by atoms with E-state index in [2.05, 4.69) is 5.32 Å². The maximum absolute atomic E-state index is 12.7. The first-order chi connectivity index (χ1) is 11.4. The maximum Gasteiger partial charge on any atom is 0.243 e. The summed E-state index contributed by atoms with van der Waals surface area (Å²) in [5, 5.41) is 3.50. The third kappa shape index (κ3) is 5.76. The maximum atomic E-state index is 12.7. The highest BCUT2D eigenvalue weighted by molar-refractivity contribution is 7.92. The summed E-state index contributed by atoms with van der Waals surface area (Å²) in [7, 11) is -3.70. The van der Waals surface area contributed by atoms with Gasteiger partial charge in [-0.25, -0.2) is 8.42 Å². The Bertz CT molecular complexity index is 713. The van der Waals surface area contributed by atoms with Gasteiger partial charge in [0.2, 0.25) is 15.9 Å². The molecular formula is C17H26Cl2N2O3S. The summed E-state index contributed by atoms with van der Waals surface area (Å²) < 4.78 is 25.7. The summed E-state index contributed by atoms with van der Waals surface area (Å²) in [6.45, 7) is 9.62. The number of hydrogen-bond donors (Lipinski definition) is 1.